The standard InChI is InChI=1S/C17H18O4/c1-5-20-16(18)7-6-13-9-14-12(4)11(3)10(2)8-15(14)21-17(13)19/h6-9H,5H2,1-4H3/b7-6+. The SMILES string of the molecule is CCOC(=O)/C=C/c1cc2c(C)c(C)c(C)cc2oc1=O. The van der Waals surface area contributed by atoms with Gasteiger partial charge in [-0.25, -0.2) is 9.59 Å². The molecule has 1 aromatic heterocycles. The molecule has 0 atom stereocenters. The van der Waals surface area contributed by atoms with Gasteiger partial charge >= 0.3 is 11.6 Å². The highest BCUT2D eigenvalue weighted by atomic mass is 16.5. The second kappa shape index (κ2) is 5.95. The van der Waals surface area contributed by atoms with Gasteiger partial charge in [-0.3, -0.25) is 0 Å². The molecule has 21 heavy (non-hydrogen) atoms. The third-order valence-electron chi connectivity index (χ3n) is 3.59. The van der Waals surface area contributed by atoms with Crippen LogP contribution in [0.5, 0.6) is 0 Å². The zero-order valence-corrected chi connectivity index (χ0v) is 12.6. The summed E-state index contributed by atoms with van der Waals surface area (Å²) in [7, 11) is 0. The molecule has 0 aliphatic rings. The average Bonchev–Trinajstić information content (AvgIpc) is 2.43. The van der Waals surface area contributed by atoms with E-state index in [9.17, 15) is 9.59 Å². The van der Waals surface area contributed by atoms with E-state index in [-0.39, 0.29) is 0 Å². The van der Waals surface area contributed by atoms with Crippen molar-refractivity contribution in [2.45, 2.75) is 27.7 Å². The molecule has 4 nitrogen and oxygen atoms in total. The van der Waals surface area contributed by atoms with Crippen molar-refractivity contribution in [2.75, 3.05) is 6.61 Å². The summed E-state index contributed by atoms with van der Waals surface area (Å²) in [6, 6.07) is 3.61. The van der Waals surface area contributed by atoms with Crippen LogP contribution in [0, 0.1) is 20.8 Å². The molecule has 0 saturated carbocycles. The summed E-state index contributed by atoms with van der Waals surface area (Å²) >= 11 is 0. The molecule has 0 radical (unpaired) electrons. The van der Waals surface area contributed by atoms with Gasteiger partial charge in [0.1, 0.15) is 5.58 Å². The lowest BCUT2D eigenvalue weighted by molar-refractivity contribution is -0.137. The smallest absolute Gasteiger partial charge is 0.343 e. The van der Waals surface area contributed by atoms with Crippen LogP contribution >= 0.6 is 0 Å². The van der Waals surface area contributed by atoms with Crippen LogP contribution < -0.4 is 5.63 Å². The molecule has 1 heterocycles. The predicted molar refractivity (Wildman–Crippen MR) is 82.4 cm³/mol. The predicted octanol–water partition coefficient (Wildman–Crippen LogP) is 3.29. The number of hydrogen-bond donors (Lipinski definition) is 0. The van der Waals surface area contributed by atoms with Crippen molar-refractivity contribution in [1.29, 1.82) is 0 Å². The number of carbonyl (C=O) groups is 1. The van der Waals surface area contributed by atoms with E-state index in [1.54, 1.807) is 13.0 Å². The van der Waals surface area contributed by atoms with Crippen LogP contribution in [0.3, 0.4) is 0 Å². The lowest BCUT2D eigenvalue weighted by Crippen LogP contribution is -2.05. The summed E-state index contributed by atoms with van der Waals surface area (Å²) in [4.78, 5) is 23.3. The normalized spacial score (nSPS) is 11.2. The van der Waals surface area contributed by atoms with Gasteiger partial charge in [0, 0.05) is 11.5 Å². The number of fused-ring (bicyclic) bond motifs is 1. The third-order valence-corrected chi connectivity index (χ3v) is 3.59. The maximum atomic E-state index is 11.9. The number of esters is 1. The summed E-state index contributed by atoms with van der Waals surface area (Å²) in [5.74, 6) is -0.478. The van der Waals surface area contributed by atoms with E-state index < -0.39 is 11.6 Å². The first-order chi connectivity index (χ1) is 9.93. The van der Waals surface area contributed by atoms with E-state index >= 15 is 0 Å². The number of aryl methyl sites for hydroxylation is 2. The Morgan fingerprint density at radius 2 is 1.95 bits per heavy atom. The van der Waals surface area contributed by atoms with Gasteiger partial charge < -0.3 is 9.15 Å². The Morgan fingerprint density at radius 1 is 1.24 bits per heavy atom. The molecule has 0 N–H and O–H groups in total. The Morgan fingerprint density at radius 3 is 2.62 bits per heavy atom. The summed E-state index contributed by atoms with van der Waals surface area (Å²) < 4.78 is 10.1. The maximum absolute atomic E-state index is 11.9. The van der Waals surface area contributed by atoms with Crippen LogP contribution in [-0.4, -0.2) is 12.6 Å². The minimum atomic E-state index is -0.478. The fraction of sp³-hybridized carbons (Fsp3) is 0.294. The number of ether oxygens (including phenoxy) is 1. The Labute approximate surface area is 123 Å². The van der Waals surface area contributed by atoms with Crippen molar-refractivity contribution in [3.63, 3.8) is 0 Å². The van der Waals surface area contributed by atoms with Crippen LogP contribution in [0.15, 0.2) is 27.4 Å². The molecule has 0 amide bonds. The molecule has 0 bridgehead atoms. The minimum Gasteiger partial charge on any atom is -0.463 e. The van der Waals surface area contributed by atoms with Gasteiger partial charge in [0.15, 0.2) is 0 Å². The molecular formula is C17H18O4. The van der Waals surface area contributed by atoms with Crippen LogP contribution in [0.2, 0.25) is 0 Å². The first-order valence-corrected chi connectivity index (χ1v) is 6.83. The fourth-order valence-corrected chi connectivity index (χ4v) is 2.17. The number of carbonyl (C=O) groups excluding carboxylic acids is 1. The van der Waals surface area contributed by atoms with Crippen molar-refractivity contribution in [3.8, 4) is 0 Å². The van der Waals surface area contributed by atoms with E-state index in [2.05, 4.69) is 0 Å². The van der Waals surface area contributed by atoms with Crippen LogP contribution in [-0.2, 0) is 9.53 Å². The van der Waals surface area contributed by atoms with Gasteiger partial charge in [-0.15, -0.1) is 0 Å². The quantitative estimate of drug-likeness (QED) is 0.493. The van der Waals surface area contributed by atoms with Gasteiger partial charge in [-0.2, -0.15) is 0 Å². The molecule has 2 aromatic rings. The van der Waals surface area contributed by atoms with E-state index in [4.69, 9.17) is 9.15 Å². The second-order valence-electron chi connectivity index (χ2n) is 4.93. The monoisotopic (exact) mass is 286 g/mol. The minimum absolute atomic E-state index is 0.299. The van der Waals surface area contributed by atoms with E-state index in [1.165, 1.54) is 12.2 Å². The summed E-state index contributed by atoms with van der Waals surface area (Å²) in [6.45, 7) is 8.03. The first kappa shape index (κ1) is 15.0. The molecule has 0 fully saturated rings. The van der Waals surface area contributed by atoms with E-state index in [0.29, 0.717) is 17.8 Å². The molecule has 0 unspecified atom stereocenters. The highest BCUT2D eigenvalue weighted by Crippen LogP contribution is 2.24. The Hall–Kier alpha value is -2.36. The Balaban J connectivity index is 2.54. The highest BCUT2D eigenvalue weighted by molar-refractivity contribution is 5.89. The highest BCUT2D eigenvalue weighted by Gasteiger charge is 2.09. The van der Waals surface area contributed by atoms with Gasteiger partial charge in [0.2, 0.25) is 0 Å². The Bertz CT molecular complexity index is 781. The second-order valence-corrected chi connectivity index (χ2v) is 4.93. The molecule has 110 valence electrons. The molecular weight excluding hydrogens is 268 g/mol. The van der Waals surface area contributed by atoms with Gasteiger partial charge in [0.25, 0.3) is 0 Å². The molecule has 1 aromatic carbocycles. The lowest BCUT2D eigenvalue weighted by Gasteiger charge is -2.08. The van der Waals surface area contributed by atoms with Crippen LogP contribution in [0.25, 0.3) is 17.0 Å². The van der Waals surface area contributed by atoms with Crippen molar-refractivity contribution in [1.82, 2.24) is 0 Å². The molecule has 0 spiro atoms. The zero-order chi connectivity index (χ0) is 15.6. The molecule has 2 rings (SSSR count). The fourth-order valence-electron chi connectivity index (χ4n) is 2.17. The summed E-state index contributed by atoms with van der Waals surface area (Å²) in [6.07, 6.45) is 2.66. The van der Waals surface area contributed by atoms with Crippen molar-refractivity contribution < 1.29 is 13.9 Å². The van der Waals surface area contributed by atoms with Crippen molar-refractivity contribution in [3.05, 3.63) is 50.9 Å². The van der Waals surface area contributed by atoms with Crippen molar-refractivity contribution in [2.24, 2.45) is 0 Å². The van der Waals surface area contributed by atoms with E-state index in [1.807, 2.05) is 26.8 Å². The third kappa shape index (κ3) is 3.05. The summed E-state index contributed by atoms with van der Waals surface area (Å²) in [5.41, 5.74) is 3.75. The molecule has 0 aliphatic carbocycles. The Kier molecular flexibility index (Phi) is 4.26. The number of rotatable bonds is 3. The van der Waals surface area contributed by atoms with Gasteiger partial charge in [0.05, 0.1) is 12.2 Å². The van der Waals surface area contributed by atoms with E-state index in [0.717, 1.165) is 22.1 Å². The molecule has 0 aliphatic heterocycles. The summed E-state index contributed by atoms with van der Waals surface area (Å²) in [5, 5.41) is 0.876. The maximum Gasteiger partial charge on any atom is 0.343 e. The largest absolute Gasteiger partial charge is 0.463 e. The van der Waals surface area contributed by atoms with Gasteiger partial charge in [-0.1, -0.05) is 0 Å². The average molecular weight is 286 g/mol. The lowest BCUT2D eigenvalue weighted by atomic mass is 9.99. The topological polar surface area (TPSA) is 56.5 Å². The van der Waals surface area contributed by atoms with Gasteiger partial charge in [-0.05, 0) is 62.6 Å². The van der Waals surface area contributed by atoms with Crippen LogP contribution in [0.1, 0.15) is 29.2 Å². The molecule has 0 saturated heterocycles. The van der Waals surface area contributed by atoms with Crippen LogP contribution in [0.4, 0.5) is 0 Å². The first-order valence-electron chi connectivity index (χ1n) is 6.83. The molecule has 4 heteroatoms. The number of benzene rings is 1. The number of hydrogen-bond acceptors (Lipinski definition) is 4. The zero-order valence-electron chi connectivity index (χ0n) is 12.6. The van der Waals surface area contributed by atoms with Crippen molar-refractivity contribution >= 4 is 23.0 Å².